The van der Waals surface area contributed by atoms with Gasteiger partial charge in [0.25, 0.3) is 5.56 Å². The first-order chi connectivity index (χ1) is 21.9. The fourth-order valence-corrected chi connectivity index (χ4v) is 7.79. The Kier molecular flexibility index (Phi) is 8.40. The Morgan fingerprint density at radius 2 is 1.59 bits per heavy atom. The minimum absolute atomic E-state index is 0.0848. The lowest BCUT2D eigenvalue weighted by atomic mass is 9.86. The van der Waals surface area contributed by atoms with Crippen molar-refractivity contribution in [2.75, 3.05) is 11.4 Å². The van der Waals surface area contributed by atoms with Crippen LogP contribution in [0.5, 0.6) is 0 Å². The number of fused-ring (bicyclic) bond motifs is 1. The van der Waals surface area contributed by atoms with Crippen molar-refractivity contribution in [1.29, 1.82) is 0 Å². The highest BCUT2D eigenvalue weighted by atomic mass is 32.2. The number of aromatic nitrogens is 3. The number of sulfonamides is 1. The van der Waals surface area contributed by atoms with Crippen LogP contribution in [0.2, 0.25) is 0 Å². The number of carbonyl (C=O) groups is 1. The Labute approximate surface area is 260 Å². The molecule has 0 N–H and O–H groups in total. The quantitative estimate of drug-likeness (QED) is 0.156. The molecule has 0 unspecified atom stereocenters. The molecule has 0 spiro atoms. The van der Waals surface area contributed by atoms with Gasteiger partial charge in [-0.1, -0.05) is 25.3 Å². The number of hydrogen-bond acceptors (Lipinski definition) is 6. The predicted molar refractivity (Wildman–Crippen MR) is 157 cm³/mol. The molecular formula is C31H28F5N5O4S. The second-order valence-corrected chi connectivity index (χ2v) is 13.3. The van der Waals surface area contributed by atoms with Gasteiger partial charge in [0.1, 0.15) is 6.04 Å². The number of rotatable bonds is 7. The molecule has 46 heavy (non-hydrogen) atoms. The average molecular weight is 662 g/mol. The minimum atomic E-state index is -5.35. The van der Waals surface area contributed by atoms with Crippen molar-refractivity contribution in [3.63, 3.8) is 0 Å². The number of carbonyl (C=O) groups excluding carboxylic acids is 1. The van der Waals surface area contributed by atoms with Gasteiger partial charge in [-0.25, -0.2) is 35.1 Å². The van der Waals surface area contributed by atoms with Crippen molar-refractivity contribution < 1.29 is 35.2 Å². The highest BCUT2D eigenvalue weighted by molar-refractivity contribution is 7.89. The molecule has 6 rings (SSSR count). The molecule has 2 aliphatic rings. The molecule has 15 heteroatoms. The van der Waals surface area contributed by atoms with Crippen LogP contribution >= 0.6 is 0 Å². The highest BCUT2D eigenvalue weighted by Crippen LogP contribution is 2.36. The molecule has 0 bridgehead atoms. The first-order valence-electron chi connectivity index (χ1n) is 14.7. The zero-order valence-corrected chi connectivity index (χ0v) is 25.3. The first-order valence-corrected chi connectivity index (χ1v) is 16.1. The Hall–Kier alpha value is -4.24. The zero-order valence-electron chi connectivity index (χ0n) is 24.5. The van der Waals surface area contributed by atoms with Crippen molar-refractivity contribution in [2.45, 2.75) is 61.9 Å². The number of amides is 1. The zero-order chi connectivity index (χ0) is 32.9. The normalized spacial score (nSPS) is 17.7. The molecule has 2 aromatic carbocycles. The van der Waals surface area contributed by atoms with Crippen LogP contribution in [0.15, 0.2) is 52.4 Å². The SMILES string of the molecule is Cn1ncc2cc(N(Cc3ccc(C4CCCCC4)nc3)C(=O)[C@H]3CCN3S(=O)(=O)c3c(F)c(F)c(F)c(F)c3F)ccc2c1=O. The second-order valence-electron chi connectivity index (χ2n) is 11.5. The maximum atomic E-state index is 14.6. The van der Waals surface area contributed by atoms with Gasteiger partial charge in [-0.05, 0) is 49.1 Å². The molecule has 1 aliphatic carbocycles. The summed E-state index contributed by atoms with van der Waals surface area (Å²) in [7, 11) is -3.87. The molecule has 1 aliphatic heterocycles. The van der Waals surface area contributed by atoms with Gasteiger partial charge in [0.2, 0.25) is 21.7 Å². The van der Waals surface area contributed by atoms with E-state index in [0.717, 1.165) is 36.1 Å². The summed E-state index contributed by atoms with van der Waals surface area (Å²) in [6.07, 6.45) is 8.41. The summed E-state index contributed by atoms with van der Waals surface area (Å²) in [6, 6.07) is 6.67. The molecule has 1 atom stereocenters. The van der Waals surface area contributed by atoms with Crippen molar-refractivity contribution >= 4 is 32.4 Å². The summed E-state index contributed by atoms with van der Waals surface area (Å²) in [5, 5.41) is 4.72. The van der Waals surface area contributed by atoms with Crippen LogP contribution in [0.25, 0.3) is 10.8 Å². The average Bonchev–Trinajstić information content (AvgIpc) is 3.03. The largest absolute Gasteiger partial charge is 0.307 e. The van der Waals surface area contributed by atoms with Gasteiger partial charge < -0.3 is 4.90 Å². The molecule has 2 fully saturated rings. The summed E-state index contributed by atoms with van der Waals surface area (Å²) < 4.78 is 98.8. The summed E-state index contributed by atoms with van der Waals surface area (Å²) in [5.74, 6) is -12.8. The molecule has 9 nitrogen and oxygen atoms in total. The maximum absolute atomic E-state index is 14.6. The van der Waals surface area contributed by atoms with Gasteiger partial charge in [-0.15, -0.1) is 0 Å². The molecule has 1 saturated carbocycles. The molecule has 1 saturated heterocycles. The number of aryl methyl sites for hydroxylation is 1. The van der Waals surface area contributed by atoms with Gasteiger partial charge in [0.05, 0.1) is 18.1 Å². The minimum Gasteiger partial charge on any atom is -0.307 e. The number of halogens is 5. The van der Waals surface area contributed by atoms with E-state index in [9.17, 15) is 40.0 Å². The van der Waals surface area contributed by atoms with E-state index in [2.05, 4.69) is 10.1 Å². The van der Waals surface area contributed by atoms with Gasteiger partial charge >= 0.3 is 0 Å². The third-order valence-electron chi connectivity index (χ3n) is 8.71. The van der Waals surface area contributed by atoms with E-state index >= 15 is 0 Å². The molecular weight excluding hydrogens is 633 g/mol. The van der Waals surface area contributed by atoms with Gasteiger partial charge in [-0.3, -0.25) is 14.6 Å². The van der Waals surface area contributed by atoms with Gasteiger partial charge in [0, 0.05) is 42.5 Å². The molecule has 3 heterocycles. The maximum Gasteiger partial charge on any atom is 0.274 e. The number of benzene rings is 2. The van der Waals surface area contributed by atoms with E-state index in [4.69, 9.17) is 0 Å². The van der Waals surface area contributed by atoms with Crippen molar-refractivity contribution in [2.24, 2.45) is 7.05 Å². The molecule has 2 aromatic heterocycles. The monoisotopic (exact) mass is 661 g/mol. The molecule has 1 amide bonds. The fourth-order valence-electron chi connectivity index (χ4n) is 6.05. The topological polar surface area (TPSA) is 105 Å². The third kappa shape index (κ3) is 5.44. The first kappa shape index (κ1) is 31.7. The van der Waals surface area contributed by atoms with Gasteiger partial charge in [0.15, 0.2) is 28.2 Å². The summed E-state index contributed by atoms with van der Waals surface area (Å²) in [4.78, 5) is 30.5. The van der Waals surface area contributed by atoms with E-state index in [1.165, 1.54) is 42.8 Å². The van der Waals surface area contributed by atoms with E-state index in [1.807, 2.05) is 6.07 Å². The van der Waals surface area contributed by atoms with Crippen LogP contribution in [-0.4, -0.2) is 46.0 Å². The Morgan fingerprint density at radius 1 is 0.913 bits per heavy atom. The predicted octanol–water partition coefficient (Wildman–Crippen LogP) is 5.07. The number of anilines is 1. The summed E-state index contributed by atoms with van der Waals surface area (Å²) in [5.41, 5.74) is 1.38. The standard InChI is InChI=1S/C31H28F5N5O4S/c1-39-30(42)21-9-8-20(13-19(21)15-38-39)40(16-17-7-10-22(37-14-17)18-5-3-2-4-6-18)31(43)23-11-12-41(23)46(44,45)29-27(35)25(33)24(32)26(34)28(29)36/h7-10,13-15,18,23H,2-6,11-12,16H2,1H3/t23-/m1/s1. The summed E-state index contributed by atoms with van der Waals surface area (Å²) >= 11 is 0. The van der Waals surface area contributed by atoms with Crippen molar-refractivity contribution in [1.82, 2.24) is 19.1 Å². The van der Waals surface area contributed by atoms with E-state index in [0.29, 0.717) is 26.6 Å². The van der Waals surface area contributed by atoms with E-state index in [1.54, 1.807) is 12.3 Å². The van der Waals surface area contributed by atoms with Crippen LogP contribution in [0.1, 0.15) is 55.7 Å². The smallest absolute Gasteiger partial charge is 0.274 e. The Balaban J connectivity index is 1.36. The molecule has 0 radical (unpaired) electrons. The third-order valence-corrected chi connectivity index (χ3v) is 10.6. The van der Waals surface area contributed by atoms with Gasteiger partial charge in [-0.2, -0.15) is 9.40 Å². The van der Waals surface area contributed by atoms with Crippen LogP contribution in [0.3, 0.4) is 0 Å². The lowest BCUT2D eigenvalue weighted by Crippen LogP contribution is -2.59. The Bertz CT molecular complexity index is 1990. The van der Waals surface area contributed by atoms with Crippen LogP contribution < -0.4 is 10.5 Å². The fraction of sp³-hybridized carbons (Fsp3) is 0.355. The van der Waals surface area contributed by atoms with E-state index in [-0.39, 0.29) is 24.2 Å². The number of hydrogen-bond donors (Lipinski definition) is 0. The highest BCUT2D eigenvalue weighted by Gasteiger charge is 2.48. The van der Waals surface area contributed by atoms with Crippen LogP contribution in [0.4, 0.5) is 27.6 Å². The number of nitrogens with zero attached hydrogens (tertiary/aromatic N) is 5. The molecule has 242 valence electrons. The summed E-state index contributed by atoms with van der Waals surface area (Å²) in [6.45, 7) is -0.505. The number of pyridine rings is 1. The lowest BCUT2D eigenvalue weighted by Gasteiger charge is -2.41. The van der Waals surface area contributed by atoms with Crippen LogP contribution in [0, 0.1) is 29.1 Å². The lowest BCUT2D eigenvalue weighted by molar-refractivity contribution is -0.125. The van der Waals surface area contributed by atoms with Crippen LogP contribution in [-0.2, 0) is 28.4 Å². The van der Waals surface area contributed by atoms with E-state index < -0.39 is 62.5 Å². The second kappa shape index (κ2) is 12.2. The molecule has 4 aromatic rings. The van der Waals surface area contributed by atoms with Crippen molar-refractivity contribution in [3.05, 3.63) is 93.4 Å². The Morgan fingerprint density at radius 3 is 2.20 bits per heavy atom. The van der Waals surface area contributed by atoms with Crippen molar-refractivity contribution in [3.8, 4) is 0 Å².